The molecule has 31 heavy (non-hydrogen) atoms. The number of benzene rings is 2. The zero-order chi connectivity index (χ0) is 21.4. The fourth-order valence-corrected chi connectivity index (χ4v) is 4.18. The number of furan rings is 1. The largest absolute Gasteiger partial charge is 0.462 e. The van der Waals surface area contributed by atoms with Crippen molar-refractivity contribution in [3.8, 4) is 11.3 Å². The fraction of sp³-hybridized carbons (Fsp3) is 0.0417. The van der Waals surface area contributed by atoms with Crippen LogP contribution >= 0.6 is 22.9 Å². The molecule has 5 rings (SSSR count). The molecule has 0 atom stereocenters. The first kappa shape index (κ1) is 19.5. The molecule has 0 saturated carbocycles. The Bertz CT molecular complexity index is 1320. The number of amides is 1. The number of aryl methyl sites for hydroxylation is 1. The molecule has 0 N–H and O–H groups in total. The van der Waals surface area contributed by atoms with Gasteiger partial charge in [-0.1, -0.05) is 54.1 Å². The molecule has 0 fully saturated rings. The van der Waals surface area contributed by atoms with Crippen molar-refractivity contribution in [2.24, 2.45) is 5.10 Å². The van der Waals surface area contributed by atoms with E-state index < -0.39 is 0 Å². The summed E-state index contributed by atoms with van der Waals surface area (Å²) in [5.74, 6) is 1.14. The molecular formula is C24H16ClN3O2S. The molecule has 7 heteroatoms. The summed E-state index contributed by atoms with van der Waals surface area (Å²) in [5.41, 5.74) is 3.58. The number of carbonyl (C=O) groups is 1. The normalized spacial score (nSPS) is 15.0. The number of rotatable bonds is 4. The molecular weight excluding hydrogens is 430 g/mol. The first-order valence-corrected chi connectivity index (χ1v) is 10.8. The highest BCUT2D eigenvalue weighted by molar-refractivity contribution is 7.14. The average molecular weight is 446 g/mol. The van der Waals surface area contributed by atoms with Gasteiger partial charge in [0.2, 0.25) is 5.13 Å². The molecule has 0 radical (unpaired) electrons. The summed E-state index contributed by atoms with van der Waals surface area (Å²) < 4.78 is 5.66. The van der Waals surface area contributed by atoms with Crippen molar-refractivity contribution in [2.45, 2.75) is 6.92 Å². The average Bonchev–Trinajstić information content (AvgIpc) is 3.50. The van der Waals surface area contributed by atoms with E-state index in [1.807, 2.05) is 79.0 Å². The van der Waals surface area contributed by atoms with Gasteiger partial charge < -0.3 is 4.42 Å². The molecule has 0 bridgehead atoms. The van der Waals surface area contributed by atoms with E-state index in [4.69, 9.17) is 16.0 Å². The number of aromatic nitrogens is 1. The van der Waals surface area contributed by atoms with E-state index in [1.165, 1.54) is 16.3 Å². The lowest BCUT2D eigenvalue weighted by Gasteiger charge is -2.06. The number of halogens is 1. The Labute approximate surface area is 187 Å². The minimum absolute atomic E-state index is 0.245. The molecule has 2 aromatic heterocycles. The summed E-state index contributed by atoms with van der Waals surface area (Å²) in [4.78, 5) is 18.0. The molecule has 0 spiro atoms. The zero-order valence-corrected chi connectivity index (χ0v) is 18.0. The Morgan fingerprint density at radius 3 is 2.48 bits per heavy atom. The van der Waals surface area contributed by atoms with Crippen molar-refractivity contribution in [2.75, 3.05) is 5.01 Å². The number of thiazole rings is 1. The van der Waals surface area contributed by atoms with Crippen LogP contribution in [0.15, 0.2) is 87.2 Å². The van der Waals surface area contributed by atoms with Crippen LogP contribution in [0, 0.1) is 6.92 Å². The SMILES string of the molecule is Cc1ccc(/C=C2\C(=O)N(c3nc(-c4ccc(Cl)cc4)cs3)N=C2c2ccccc2)o1. The van der Waals surface area contributed by atoms with Crippen LogP contribution in [-0.4, -0.2) is 16.6 Å². The van der Waals surface area contributed by atoms with Gasteiger partial charge in [-0.15, -0.1) is 11.3 Å². The van der Waals surface area contributed by atoms with E-state index in [2.05, 4.69) is 10.1 Å². The van der Waals surface area contributed by atoms with Gasteiger partial charge in [0.1, 0.15) is 17.2 Å². The Kier molecular flexibility index (Phi) is 5.02. The van der Waals surface area contributed by atoms with Crippen molar-refractivity contribution >= 4 is 45.8 Å². The van der Waals surface area contributed by atoms with Crippen LogP contribution in [0.5, 0.6) is 0 Å². The highest BCUT2D eigenvalue weighted by Gasteiger charge is 2.34. The number of hydrogen-bond acceptors (Lipinski definition) is 5. The van der Waals surface area contributed by atoms with E-state index in [0.717, 1.165) is 22.6 Å². The molecule has 1 aliphatic rings. The molecule has 0 aliphatic carbocycles. The monoisotopic (exact) mass is 445 g/mol. The van der Waals surface area contributed by atoms with Gasteiger partial charge in [-0.05, 0) is 37.3 Å². The van der Waals surface area contributed by atoms with Gasteiger partial charge in [0.05, 0.1) is 11.3 Å². The van der Waals surface area contributed by atoms with Crippen molar-refractivity contribution in [3.05, 3.63) is 99.8 Å². The van der Waals surface area contributed by atoms with Crippen molar-refractivity contribution < 1.29 is 9.21 Å². The Hall–Kier alpha value is -3.48. The number of nitrogens with zero attached hydrogens (tertiary/aromatic N) is 3. The molecule has 4 aromatic rings. The van der Waals surface area contributed by atoms with Crippen LogP contribution < -0.4 is 5.01 Å². The van der Waals surface area contributed by atoms with E-state index in [1.54, 1.807) is 6.08 Å². The maximum absolute atomic E-state index is 13.3. The summed E-state index contributed by atoms with van der Waals surface area (Å²) in [6.07, 6.45) is 1.73. The molecule has 2 aromatic carbocycles. The number of hydrogen-bond donors (Lipinski definition) is 0. The molecule has 1 aliphatic heterocycles. The predicted molar refractivity (Wildman–Crippen MR) is 124 cm³/mol. The Morgan fingerprint density at radius 1 is 1.00 bits per heavy atom. The minimum Gasteiger partial charge on any atom is -0.462 e. The summed E-state index contributed by atoms with van der Waals surface area (Å²) in [6, 6.07) is 20.7. The van der Waals surface area contributed by atoms with Crippen LogP contribution in [0.3, 0.4) is 0 Å². The summed E-state index contributed by atoms with van der Waals surface area (Å²) in [6.45, 7) is 1.87. The van der Waals surface area contributed by atoms with Gasteiger partial charge in [-0.2, -0.15) is 10.1 Å². The van der Waals surface area contributed by atoms with Gasteiger partial charge in [0, 0.05) is 21.5 Å². The molecule has 5 nitrogen and oxygen atoms in total. The van der Waals surface area contributed by atoms with Crippen LogP contribution in [0.25, 0.3) is 17.3 Å². The summed E-state index contributed by atoms with van der Waals surface area (Å²) >= 11 is 7.35. The lowest BCUT2D eigenvalue weighted by atomic mass is 10.0. The topological polar surface area (TPSA) is 58.7 Å². The quantitative estimate of drug-likeness (QED) is 0.351. The molecule has 152 valence electrons. The first-order valence-electron chi connectivity index (χ1n) is 9.57. The second-order valence-corrected chi connectivity index (χ2v) is 8.23. The summed E-state index contributed by atoms with van der Waals surface area (Å²) in [7, 11) is 0. The molecule has 1 amide bonds. The van der Waals surface area contributed by atoms with Gasteiger partial charge in [-0.25, -0.2) is 4.98 Å². The maximum atomic E-state index is 13.3. The highest BCUT2D eigenvalue weighted by Crippen LogP contribution is 2.33. The van der Waals surface area contributed by atoms with Crippen LogP contribution in [0.2, 0.25) is 5.02 Å². The van der Waals surface area contributed by atoms with Gasteiger partial charge in [0.25, 0.3) is 5.91 Å². The smallest absolute Gasteiger partial charge is 0.283 e. The predicted octanol–water partition coefficient (Wildman–Crippen LogP) is 6.20. The maximum Gasteiger partial charge on any atom is 0.283 e. The first-order chi connectivity index (χ1) is 15.1. The van der Waals surface area contributed by atoms with Crippen molar-refractivity contribution in [3.63, 3.8) is 0 Å². The Balaban J connectivity index is 1.55. The van der Waals surface area contributed by atoms with Crippen LogP contribution in [0.1, 0.15) is 17.1 Å². The number of hydrazone groups is 1. The van der Waals surface area contributed by atoms with E-state index in [-0.39, 0.29) is 5.91 Å². The van der Waals surface area contributed by atoms with Gasteiger partial charge >= 0.3 is 0 Å². The second kappa shape index (κ2) is 7.98. The third-order valence-electron chi connectivity index (χ3n) is 4.79. The second-order valence-electron chi connectivity index (χ2n) is 6.96. The fourth-order valence-electron chi connectivity index (χ4n) is 3.27. The van der Waals surface area contributed by atoms with E-state index in [0.29, 0.717) is 27.2 Å². The molecule has 0 unspecified atom stereocenters. The van der Waals surface area contributed by atoms with Crippen LogP contribution in [-0.2, 0) is 4.79 Å². The van der Waals surface area contributed by atoms with Gasteiger partial charge in [-0.3, -0.25) is 4.79 Å². The zero-order valence-electron chi connectivity index (χ0n) is 16.4. The lowest BCUT2D eigenvalue weighted by molar-refractivity contribution is -0.114. The van der Waals surface area contributed by atoms with Gasteiger partial charge in [0.15, 0.2) is 0 Å². The standard InChI is InChI=1S/C24H16ClN3O2S/c1-15-7-12-19(30-15)13-20-22(17-5-3-2-4-6-17)27-28(23(20)29)24-26-21(14-31-24)16-8-10-18(25)11-9-16/h2-14H,1H3/b20-13-. The highest BCUT2D eigenvalue weighted by atomic mass is 35.5. The van der Waals surface area contributed by atoms with Crippen molar-refractivity contribution in [1.29, 1.82) is 0 Å². The third kappa shape index (κ3) is 3.83. The van der Waals surface area contributed by atoms with E-state index in [9.17, 15) is 4.79 Å². The summed E-state index contributed by atoms with van der Waals surface area (Å²) in [5, 5.41) is 9.05. The van der Waals surface area contributed by atoms with Crippen molar-refractivity contribution in [1.82, 2.24) is 4.98 Å². The molecule has 0 saturated heterocycles. The van der Waals surface area contributed by atoms with E-state index >= 15 is 0 Å². The minimum atomic E-state index is -0.245. The lowest BCUT2D eigenvalue weighted by Crippen LogP contribution is -2.21. The number of carbonyl (C=O) groups excluding carboxylic acids is 1. The number of anilines is 1. The molecule has 3 heterocycles. The Morgan fingerprint density at radius 2 is 1.77 bits per heavy atom. The van der Waals surface area contributed by atoms with Crippen LogP contribution in [0.4, 0.5) is 5.13 Å². The third-order valence-corrected chi connectivity index (χ3v) is 5.85.